The molecule has 1 fully saturated rings. The van der Waals surface area contributed by atoms with Crippen molar-refractivity contribution < 1.29 is 17.6 Å². The Hall–Kier alpha value is -2.59. The SMILES string of the molecule is CN(CC(=O)N1CCN(c2ncccn2)CC1)S(=O)(=O)c1ccc(F)cc1. The molecule has 3 rings (SSSR count). The molecule has 2 heterocycles. The number of benzene rings is 1. The highest BCUT2D eigenvalue weighted by Gasteiger charge is 2.27. The number of halogens is 1. The number of carbonyl (C=O) groups excluding carboxylic acids is 1. The van der Waals surface area contributed by atoms with Crippen LogP contribution in [0.25, 0.3) is 0 Å². The van der Waals surface area contributed by atoms with E-state index in [1.165, 1.54) is 19.2 Å². The van der Waals surface area contributed by atoms with Gasteiger partial charge in [0.25, 0.3) is 0 Å². The number of hydrogen-bond acceptors (Lipinski definition) is 6. The first-order valence-electron chi connectivity index (χ1n) is 8.39. The summed E-state index contributed by atoms with van der Waals surface area (Å²) in [5.41, 5.74) is 0. The van der Waals surface area contributed by atoms with E-state index in [9.17, 15) is 17.6 Å². The van der Waals surface area contributed by atoms with Gasteiger partial charge in [-0.1, -0.05) is 0 Å². The van der Waals surface area contributed by atoms with Crippen molar-refractivity contribution in [2.75, 3.05) is 44.7 Å². The minimum absolute atomic E-state index is 0.0507. The van der Waals surface area contributed by atoms with Gasteiger partial charge in [0.15, 0.2) is 0 Å². The van der Waals surface area contributed by atoms with Crippen LogP contribution in [-0.2, 0) is 14.8 Å². The van der Waals surface area contributed by atoms with Gasteiger partial charge in [-0.3, -0.25) is 4.79 Å². The fourth-order valence-corrected chi connectivity index (χ4v) is 3.89. The largest absolute Gasteiger partial charge is 0.338 e. The van der Waals surface area contributed by atoms with Crippen molar-refractivity contribution in [2.45, 2.75) is 4.90 Å². The van der Waals surface area contributed by atoms with Crippen LogP contribution in [0.1, 0.15) is 0 Å². The molecule has 27 heavy (non-hydrogen) atoms. The third-order valence-corrected chi connectivity index (χ3v) is 6.16. The van der Waals surface area contributed by atoms with Crippen molar-refractivity contribution >= 4 is 21.9 Å². The highest BCUT2D eigenvalue weighted by molar-refractivity contribution is 7.89. The zero-order valence-corrected chi connectivity index (χ0v) is 15.6. The number of likely N-dealkylation sites (N-methyl/N-ethyl adjacent to an activating group) is 1. The van der Waals surface area contributed by atoms with Crippen molar-refractivity contribution in [1.82, 2.24) is 19.2 Å². The number of sulfonamides is 1. The third-order valence-electron chi connectivity index (χ3n) is 4.35. The summed E-state index contributed by atoms with van der Waals surface area (Å²) < 4.78 is 39.0. The zero-order chi connectivity index (χ0) is 19.4. The number of aromatic nitrogens is 2. The number of amides is 1. The number of anilines is 1. The highest BCUT2D eigenvalue weighted by Crippen LogP contribution is 2.15. The summed E-state index contributed by atoms with van der Waals surface area (Å²) in [7, 11) is -2.52. The van der Waals surface area contributed by atoms with Gasteiger partial charge in [-0.2, -0.15) is 4.31 Å². The summed E-state index contributed by atoms with van der Waals surface area (Å²) in [5, 5.41) is 0. The van der Waals surface area contributed by atoms with E-state index in [0.717, 1.165) is 16.4 Å². The van der Waals surface area contributed by atoms with Gasteiger partial charge in [0.1, 0.15) is 5.82 Å². The predicted molar refractivity (Wildman–Crippen MR) is 97.0 cm³/mol. The summed E-state index contributed by atoms with van der Waals surface area (Å²) in [6, 6.07) is 6.26. The van der Waals surface area contributed by atoms with Crippen molar-refractivity contribution in [2.24, 2.45) is 0 Å². The molecule has 1 amide bonds. The molecular formula is C17H20FN5O3S. The minimum Gasteiger partial charge on any atom is -0.338 e. The molecule has 1 aromatic carbocycles. The maximum Gasteiger partial charge on any atom is 0.243 e. The van der Waals surface area contributed by atoms with E-state index in [-0.39, 0.29) is 17.3 Å². The van der Waals surface area contributed by atoms with Crippen LogP contribution in [0.5, 0.6) is 0 Å². The second-order valence-electron chi connectivity index (χ2n) is 6.13. The molecule has 0 saturated carbocycles. The molecule has 0 aliphatic carbocycles. The first kappa shape index (κ1) is 19.2. The van der Waals surface area contributed by atoms with E-state index < -0.39 is 15.8 Å². The summed E-state index contributed by atoms with van der Waals surface area (Å²) in [5.74, 6) is -0.189. The van der Waals surface area contributed by atoms with Gasteiger partial charge in [-0.05, 0) is 30.3 Å². The topological polar surface area (TPSA) is 86.7 Å². The van der Waals surface area contributed by atoms with Crippen molar-refractivity contribution in [3.63, 3.8) is 0 Å². The average molecular weight is 393 g/mol. The summed E-state index contributed by atoms with van der Waals surface area (Å²) >= 11 is 0. The Morgan fingerprint density at radius 1 is 1.11 bits per heavy atom. The molecule has 10 heteroatoms. The van der Waals surface area contributed by atoms with E-state index in [1.807, 2.05) is 4.90 Å². The zero-order valence-electron chi connectivity index (χ0n) is 14.8. The fourth-order valence-electron chi connectivity index (χ4n) is 2.77. The van der Waals surface area contributed by atoms with Crippen molar-refractivity contribution in [3.8, 4) is 0 Å². The lowest BCUT2D eigenvalue weighted by Gasteiger charge is -2.35. The molecular weight excluding hydrogens is 373 g/mol. The number of nitrogens with zero attached hydrogens (tertiary/aromatic N) is 5. The van der Waals surface area contributed by atoms with E-state index in [2.05, 4.69) is 9.97 Å². The standard InChI is InChI=1S/C17H20FN5O3S/c1-21(27(25,26)15-5-3-14(18)4-6-15)13-16(24)22-9-11-23(12-10-22)17-19-7-2-8-20-17/h2-8H,9-13H2,1H3. The van der Waals surface area contributed by atoms with Crippen LogP contribution in [-0.4, -0.2) is 73.3 Å². The Morgan fingerprint density at radius 2 is 1.70 bits per heavy atom. The van der Waals surface area contributed by atoms with Gasteiger partial charge in [0.2, 0.25) is 21.9 Å². The summed E-state index contributed by atoms with van der Waals surface area (Å²) in [4.78, 5) is 24.4. The molecule has 0 N–H and O–H groups in total. The lowest BCUT2D eigenvalue weighted by molar-refractivity contribution is -0.131. The first-order chi connectivity index (χ1) is 12.9. The Bertz CT molecular complexity index is 885. The van der Waals surface area contributed by atoms with Crippen LogP contribution < -0.4 is 4.90 Å². The molecule has 0 spiro atoms. The quantitative estimate of drug-likeness (QED) is 0.739. The Morgan fingerprint density at radius 3 is 2.30 bits per heavy atom. The average Bonchev–Trinajstić information content (AvgIpc) is 2.69. The first-order valence-corrected chi connectivity index (χ1v) is 9.83. The van der Waals surface area contributed by atoms with E-state index >= 15 is 0 Å². The lowest BCUT2D eigenvalue weighted by Crippen LogP contribution is -2.51. The van der Waals surface area contributed by atoms with Crippen LogP contribution in [0, 0.1) is 5.82 Å². The van der Waals surface area contributed by atoms with Gasteiger partial charge in [-0.25, -0.2) is 22.8 Å². The van der Waals surface area contributed by atoms with E-state index in [4.69, 9.17) is 0 Å². The molecule has 0 unspecified atom stereocenters. The number of piperazine rings is 1. The lowest BCUT2D eigenvalue weighted by atomic mass is 10.3. The van der Waals surface area contributed by atoms with Crippen LogP contribution in [0.3, 0.4) is 0 Å². The maximum absolute atomic E-state index is 13.0. The van der Waals surface area contributed by atoms with Crippen LogP contribution >= 0.6 is 0 Å². The monoisotopic (exact) mass is 393 g/mol. The van der Waals surface area contributed by atoms with Crippen molar-refractivity contribution in [1.29, 1.82) is 0 Å². The molecule has 2 aromatic rings. The molecule has 8 nitrogen and oxygen atoms in total. The predicted octanol–water partition coefficient (Wildman–Crippen LogP) is 0.585. The Kier molecular flexibility index (Phi) is 5.66. The smallest absolute Gasteiger partial charge is 0.243 e. The van der Waals surface area contributed by atoms with E-state index in [1.54, 1.807) is 23.4 Å². The second-order valence-corrected chi connectivity index (χ2v) is 8.18. The molecule has 0 bridgehead atoms. The summed E-state index contributed by atoms with van der Waals surface area (Å²) in [6.07, 6.45) is 3.32. The van der Waals surface area contributed by atoms with Crippen molar-refractivity contribution in [3.05, 3.63) is 48.5 Å². The maximum atomic E-state index is 13.0. The van der Waals surface area contributed by atoms with E-state index in [0.29, 0.717) is 32.1 Å². The van der Waals surface area contributed by atoms with Gasteiger partial charge < -0.3 is 9.80 Å². The Labute approximate surface area is 157 Å². The molecule has 0 radical (unpaired) electrons. The number of rotatable bonds is 5. The third kappa shape index (κ3) is 4.40. The molecule has 0 atom stereocenters. The molecule has 1 saturated heterocycles. The second kappa shape index (κ2) is 7.97. The van der Waals surface area contributed by atoms with Gasteiger partial charge in [0.05, 0.1) is 11.4 Å². The molecule has 1 aromatic heterocycles. The molecule has 1 aliphatic heterocycles. The normalized spacial score (nSPS) is 15.2. The van der Waals surface area contributed by atoms with Gasteiger partial charge in [-0.15, -0.1) is 0 Å². The fraction of sp³-hybridized carbons (Fsp3) is 0.353. The van der Waals surface area contributed by atoms with Crippen LogP contribution in [0.4, 0.5) is 10.3 Å². The highest BCUT2D eigenvalue weighted by atomic mass is 32.2. The van der Waals surface area contributed by atoms with Crippen LogP contribution in [0.2, 0.25) is 0 Å². The molecule has 144 valence electrons. The molecule has 1 aliphatic rings. The minimum atomic E-state index is -3.85. The van der Waals surface area contributed by atoms with Gasteiger partial charge >= 0.3 is 0 Å². The number of carbonyl (C=O) groups is 1. The van der Waals surface area contributed by atoms with Crippen LogP contribution in [0.15, 0.2) is 47.6 Å². The summed E-state index contributed by atoms with van der Waals surface area (Å²) in [6.45, 7) is 1.79. The number of hydrogen-bond donors (Lipinski definition) is 0. The van der Waals surface area contributed by atoms with Gasteiger partial charge in [0, 0.05) is 45.6 Å². The Balaban J connectivity index is 1.58.